The maximum Gasteiger partial charge on any atom is 0.246 e. The van der Waals surface area contributed by atoms with E-state index in [1.165, 1.54) is 0 Å². The number of hydrogen-bond acceptors (Lipinski definition) is 6. The molecule has 0 aliphatic carbocycles. The van der Waals surface area contributed by atoms with Crippen LogP contribution in [-0.2, 0) is 0 Å². The highest BCUT2D eigenvalue weighted by atomic mass is 79.9. The third-order valence-corrected chi connectivity index (χ3v) is 2.67. The van der Waals surface area contributed by atoms with Gasteiger partial charge in [-0.2, -0.15) is 4.98 Å². The van der Waals surface area contributed by atoms with E-state index < -0.39 is 12.1 Å². The Morgan fingerprint density at radius 3 is 2.82 bits per heavy atom. The van der Waals surface area contributed by atoms with Gasteiger partial charge in [-0.3, -0.25) is 4.98 Å². The monoisotopic (exact) mass is 298 g/mol. The summed E-state index contributed by atoms with van der Waals surface area (Å²) < 4.78 is 5.84. The van der Waals surface area contributed by atoms with Gasteiger partial charge in [0.15, 0.2) is 0 Å². The smallest absolute Gasteiger partial charge is 0.246 e. The van der Waals surface area contributed by atoms with Crippen molar-refractivity contribution in [1.82, 2.24) is 15.1 Å². The summed E-state index contributed by atoms with van der Waals surface area (Å²) in [4.78, 5) is 8.22. The van der Waals surface area contributed by atoms with E-state index in [4.69, 9.17) is 10.3 Å². The fraction of sp³-hybridized carbons (Fsp3) is 0.300. The van der Waals surface area contributed by atoms with E-state index in [9.17, 15) is 5.11 Å². The number of aliphatic hydroxyl groups excluding tert-OH is 1. The van der Waals surface area contributed by atoms with Crippen LogP contribution in [0, 0.1) is 0 Å². The summed E-state index contributed by atoms with van der Waals surface area (Å²) in [6.45, 7) is 1.56. The predicted octanol–water partition coefficient (Wildman–Crippen LogP) is 1.27. The third-order valence-electron chi connectivity index (χ3n) is 2.20. The van der Waals surface area contributed by atoms with Gasteiger partial charge >= 0.3 is 0 Å². The number of rotatable bonds is 3. The molecule has 2 heterocycles. The van der Waals surface area contributed by atoms with E-state index in [1.54, 1.807) is 19.2 Å². The van der Waals surface area contributed by atoms with Gasteiger partial charge in [0.1, 0.15) is 11.7 Å². The molecule has 0 saturated heterocycles. The molecule has 7 heteroatoms. The van der Waals surface area contributed by atoms with Crippen molar-refractivity contribution in [3.8, 4) is 11.5 Å². The van der Waals surface area contributed by atoms with E-state index in [-0.39, 0.29) is 5.89 Å². The summed E-state index contributed by atoms with van der Waals surface area (Å²) in [5, 5.41) is 13.1. The van der Waals surface area contributed by atoms with Crippen LogP contribution in [0.15, 0.2) is 27.3 Å². The van der Waals surface area contributed by atoms with Gasteiger partial charge in [0.2, 0.25) is 11.7 Å². The molecule has 0 radical (unpaired) electrons. The first-order valence-corrected chi connectivity index (χ1v) is 5.76. The van der Waals surface area contributed by atoms with Gasteiger partial charge in [-0.1, -0.05) is 5.16 Å². The molecule has 0 unspecified atom stereocenters. The molecule has 2 aromatic rings. The van der Waals surface area contributed by atoms with Crippen LogP contribution in [0.5, 0.6) is 0 Å². The Balaban J connectivity index is 2.26. The number of nitrogens with two attached hydrogens (primary N) is 1. The largest absolute Gasteiger partial charge is 0.391 e. The lowest BCUT2D eigenvalue weighted by molar-refractivity contribution is 0.146. The molecule has 90 valence electrons. The van der Waals surface area contributed by atoms with Crippen LogP contribution in [-0.4, -0.2) is 26.3 Å². The number of pyridine rings is 1. The summed E-state index contributed by atoms with van der Waals surface area (Å²) in [5.74, 6) is 0.545. The summed E-state index contributed by atoms with van der Waals surface area (Å²) in [6, 6.07) is 2.89. The molecule has 0 fully saturated rings. The van der Waals surface area contributed by atoms with Gasteiger partial charge in [-0.15, -0.1) is 0 Å². The Morgan fingerprint density at radius 2 is 2.24 bits per heavy atom. The highest BCUT2D eigenvalue weighted by Crippen LogP contribution is 2.18. The predicted molar refractivity (Wildman–Crippen MR) is 63.8 cm³/mol. The number of halogens is 1. The zero-order chi connectivity index (χ0) is 12.4. The van der Waals surface area contributed by atoms with Crippen molar-refractivity contribution in [3.63, 3.8) is 0 Å². The fourth-order valence-electron chi connectivity index (χ4n) is 1.19. The van der Waals surface area contributed by atoms with E-state index >= 15 is 0 Å². The van der Waals surface area contributed by atoms with Gasteiger partial charge in [0.25, 0.3) is 0 Å². The quantitative estimate of drug-likeness (QED) is 0.885. The van der Waals surface area contributed by atoms with Crippen molar-refractivity contribution < 1.29 is 9.63 Å². The molecular formula is C10H11BrN4O2. The van der Waals surface area contributed by atoms with Crippen molar-refractivity contribution in [3.05, 3.63) is 28.7 Å². The molecular weight excluding hydrogens is 288 g/mol. The van der Waals surface area contributed by atoms with Gasteiger partial charge in [-0.05, 0) is 35.0 Å². The molecule has 0 aliphatic rings. The number of hydrogen-bond donors (Lipinski definition) is 2. The highest BCUT2D eigenvalue weighted by Gasteiger charge is 2.20. The summed E-state index contributed by atoms with van der Waals surface area (Å²) in [7, 11) is 0. The first-order valence-electron chi connectivity index (χ1n) is 4.97. The van der Waals surface area contributed by atoms with Crippen molar-refractivity contribution in [2.24, 2.45) is 5.73 Å². The minimum absolute atomic E-state index is 0.194. The second-order valence-electron chi connectivity index (χ2n) is 3.58. The lowest BCUT2D eigenvalue weighted by Crippen LogP contribution is -2.23. The highest BCUT2D eigenvalue weighted by molar-refractivity contribution is 9.10. The van der Waals surface area contributed by atoms with E-state index in [0.717, 1.165) is 4.47 Å². The van der Waals surface area contributed by atoms with E-state index in [0.29, 0.717) is 11.5 Å². The summed E-state index contributed by atoms with van der Waals surface area (Å²) in [5.41, 5.74) is 6.26. The van der Waals surface area contributed by atoms with Gasteiger partial charge in [0.05, 0.1) is 6.10 Å². The van der Waals surface area contributed by atoms with Crippen molar-refractivity contribution in [2.45, 2.75) is 19.1 Å². The fourth-order valence-corrected chi connectivity index (χ4v) is 1.42. The first-order chi connectivity index (χ1) is 8.08. The van der Waals surface area contributed by atoms with Gasteiger partial charge in [-0.25, -0.2) is 0 Å². The summed E-state index contributed by atoms with van der Waals surface area (Å²) in [6.07, 6.45) is 0.890. The van der Waals surface area contributed by atoms with Crippen LogP contribution in [0.3, 0.4) is 0 Å². The molecule has 0 aliphatic heterocycles. The third kappa shape index (κ3) is 2.68. The second-order valence-corrected chi connectivity index (χ2v) is 4.50. The average molecular weight is 299 g/mol. The minimum Gasteiger partial charge on any atom is -0.391 e. The maximum atomic E-state index is 9.32. The molecule has 2 aromatic heterocycles. The molecule has 0 spiro atoms. The SMILES string of the molecule is C[C@@H](O)[C@H](N)c1nc(-c2ccc(Br)cn2)no1. The average Bonchev–Trinajstić information content (AvgIpc) is 2.78. The zero-order valence-corrected chi connectivity index (χ0v) is 10.6. The number of aromatic nitrogens is 3. The minimum atomic E-state index is -0.749. The number of nitrogens with zero attached hydrogens (tertiary/aromatic N) is 3. The lowest BCUT2D eigenvalue weighted by Gasteiger charge is -2.08. The molecule has 0 aromatic carbocycles. The number of aliphatic hydroxyl groups is 1. The Kier molecular flexibility index (Phi) is 3.51. The van der Waals surface area contributed by atoms with Crippen molar-refractivity contribution in [1.29, 1.82) is 0 Å². The molecule has 0 saturated carbocycles. The molecule has 3 N–H and O–H groups in total. The van der Waals surface area contributed by atoms with E-state index in [2.05, 4.69) is 31.1 Å². The molecule has 0 amide bonds. The van der Waals surface area contributed by atoms with Crippen molar-refractivity contribution >= 4 is 15.9 Å². The van der Waals surface area contributed by atoms with Gasteiger partial charge in [0, 0.05) is 10.7 Å². The second kappa shape index (κ2) is 4.91. The Labute approximate surface area is 106 Å². The van der Waals surface area contributed by atoms with Crippen LogP contribution in [0.2, 0.25) is 0 Å². The van der Waals surface area contributed by atoms with Crippen LogP contribution >= 0.6 is 15.9 Å². The van der Waals surface area contributed by atoms with Crippen LogP contribution < -0.4 is 5.73 Å². The molecule has 2 rings (SSSR count). The summed E-state index contributed by atoms with van der Waals surface area (Å²) >= 11 is 3.29. The normalized spacial score (nSPS) is 14.6. The lowest BCUT2D eigenvalue weighted by atomic mass is 10.2. The Hall–Kier alpha value is -1.31. The van der Waals surface area contributed by atoms with Crippen LogP contribution in [0.1, 0.15) is 18.9 Å². The van der Waals surface area contributed by atoms with Crippen LogP contribution in [0.25, 0.3) is 11.5 Å². The molecule has 0 bridgehead atoms. The standard InChI is InChI=1S/C10H11BrN4O2/c1-5(16)8(12)10-14-9(15-17-10)7-3-2-6(11)4-13-7/h2-5,8,16H,12H2,1H3/t5-,8+/m1/s1. The topological polar surface area (TPSA) is 98.1 Å². The van der Waals surface area contributed by atoms with E-state index in [1.807, 2.05) is 6.07 Å². The van der Waals surface area contributed by atoms with Crippen molar-refractivity contribution in [2.75, 3.05) is 0 Å². The first kappa shape index (κ1) is 12.2. The zero-order valence-electron chi connectivity index (χ0n) is 9.04. The molecule has 2 atom stereocenters. The van der Waals surface area contributed by atoms with Crippen LogP contribution in [0.4, 0.5) is 0 Å². The Bertz CT molecular complexity index is 497. The Morgan fingerprint density at radius 1 is 1.47 bits per heavy atom. The van der Waals surface area contributed by atoms with Gasteiger partial charge < -0.3 is 15.4 Å². The molecule has 6 nitrogen and oxygen atoms in total. The maximum absolute atomic E-state index is 9.32. The molecule has 17 heavy (non-hydrogen) atoms.